The van der Waals surface area contributed by atoms with Crippen molar-refractivity contribution in [3.8, 4) is 5.75 Å². The lowest BCUT2D eigenvalue weighted by Gasteiger charge is -2.32. The molecule has 3 rings (SSSR count). The smallest absolute Gasteiger partial charge is 0.407 e. The van der Waals surface area contributed by atoms with Crippen molar-refractivity contribution >= 4 is 39.4 Å². The number of benzene rings is 1. The largest absolute Gasteiger partial charge is 0.504 e. The first-order valence-corrected chi connectivity index (χ1v) is 10.6. The summed E-state index contributed by atoms with van der Waals surface area (Å²) in [4.78, 5) is 23.6. The Balaban J connectivity index is 1.80. The van der Waals surface area contributed by atoms with Gasteiger partial charge in [0.25, 0.3) is 0 Å². The lowest BCUT2D eigenvalue weighted by atomic mass is 9.93. The number of phenolic OH excluding ortho intramolecular Hbond substituents is 1. The number of phenols is 1. The maximum absolute atomic E-state index is 13.0. The lowest BCUT2D eigenvalue weighted by Crippen LogP contribution is -2.50. The summed E-state index contributed by atoms with van der Waals surface area (Å²) in [5, 5.41) is 24.5. The van der Waals surface area contributed by atoms with E-state index in [-0.39, 0.29) is 42.9 Å². The second-order valence-electron chi connectivity index (χ2n) is 6.67. The number of amides is 3. The van der Waals surface area contributed by atoms with Crippen LogP contribution in [0, 0.1) is 0 Å². The summed E-state index contributed by atoms with van der Waals surface area (Å²) in [6, 6.07) is 2.13. The molecule has 2 fully saturated rings. The van der Waals surface area contributed by atoms with Gasteiger partial charge < -0.3 is 25.7 Å². The van der Waals surface area contributed by atoms with Gasteiger partial charge in [-0.2, -0.15) is 4.31 Å². The lowest BCUT2D eigenvalue weighted by molar-refractivity contribution is 0.126. The van der Waals surface area contributed by atoms with Crippen LogP contribution in [0.3, 0.4) is 0 Å². The Bertz CT molecular complexity index is 881. The first kappa shape index (κ1) is 20.5. The van der Waals surface area contributed by atoms with Crippen molar-refractivity contribution in [1.82, 2.24) is 14.5 Å². The molecule has 1 aromatic rings. The summed E-state index contributed by atoms with van der Waals surface area (Å²) in [6.45, 7) is -0.113. The summed E-state index contributed by atoms with van der Waals surface area (Å²) in [6.07, 6.45) is 1.67. The number of carboxylic acid groups (broad SMARTS) is 1. The van der Waals surface area contributed by atoms with E-state index in [1.54, 1.807) is 0 Å². The van der Waals surface area contributed by atoms with Crippen LogP contribution in [0.4, 0.5) is 15.3 Å². The van der Waals surface area contributed by atoms with E-state index in [1.165, 1.54) is 12.1 Å². The third-order valence-corrected chi connectivity index (χ3v) is 7.28. The predicted octanol–water partition coefficient (Wildman–Crippen LogP) is 1.70. The second-order valence-corrected chi connectivity index (χ2v) is 8.95. The first-order valence-electron chi connectivity index (χ1n) is 8.77. The normalized spacial score (nSPS) is 18.4. The topological polar surface area (TPSA) is 139 Å². The van der Waals surface area contributed by atoms with Crippen molar-refractivity contribution in [1.29, 1.82) is 0 Å². The molecule has 10 nitrogen and oxygen atoms in total. The van der Waals surface area contributed by atoms with Crippen LogP contribution in [0.2, 0.25) is 5.02 Å². The van der Waals surface area contributed by atoms with Crippen LogP contribution in [0.25, 0.3) is 0 Å². The van der Waals surface area contributed by atoms with Crippen molar-refractivity contribution in [3.63, 3.8) is 0 Å². The molecule has 1 saturated heterocycles. The molecule has 154 valence electrons. The number of nitrogens with zero attached hydrogens (tertiary/aromatic N) is 2. The Hall–Kier alpha value is -2.24. The van der Waals surface area contributed by atoms with Crippen LogP contribution >= 0.6 is 11.6 Å². The van der Waals surface area contributed by atoms with E-state index in [0.717, 1.165) is 28.5 Å². The van der Waals surface area contributed by atoms with Gasteiger partial charge >= 0.3 is 12.1 Å². The van der Waals surface area contributed by atoms with Crippen molar-refractivity contribution in [2.45, 2.75) is 30.2 Å². The molecular formula is C16H21ClN4O6S. The minimum absolute atomic E-state index is 0.00861. The van der Waals surface area contributed by atoms with E-state index < -0.39 is 32.8 Å². The molecule has 1 aliphatic heterocycles. The predicted molar refractivity (Wildman–Crippen MR) is 101 cm³/mol. The SMILES string of the molecule is O=C(Nc1ccc(Cl)c(S(=O)(=O)N2CCN(C(=O)O)CC2)c1O)NC1CCC1. The number of carbonyl (C=O) groups is 2. The number of anilines is 1. The number of halogens is 1. The van der Waals surface area contributed by atoms with Crippen molar-refractivity contribution in [3.05, 3.63) is 17.2 Å². The van der Waals surface area contributed by atoms with Gasteiger partial charge in [-0.1, -0.05) is 11.6 Å². The fourth-order valence-electron chi connectivity index (χ4n) is 3.04. The van der Waals surface area contributed by atoms with E-state index >= 15 is 0 Å². The Morgan fingerprint density at radius 2 is 1.79 bits per heavy atom. The summed E-state index contributed by atoms with van der Waals surface area (Å²) in [7, 11) is -4.19. The number of hydrogen-bond donors (Lipinski definition) is 4. The molecule has 1 heterocycles. The van der Waals surface area contributed by atoms with Gasteiger partial charge in [0, 0.05) is 32.2 Å². The maximum atomic E-state index is 13.0. The molecule has 0 unspecified atom stereocenters. The van der Waals surface area contributed by atoms with Gasteiger partial charge in [0.2, 0.25) is 10.0 Å². The molecule has 0 aromatic heterocycles. The van der Waals surface area contributed by atoms with Crippen LogP contribution in [-0.4, -0.2) is 72.2 Å². The summed E-state index contributed by atoms with van der Waals surface area (Å²) in [5.41, 5.74) is -0.0797. The summed E-state index contributed by atoms with van der Waals surface area (Å²) >= 11 is 6.04. The third kappa shape index (κ3) is 4.10. The monoisotopic (exact) mass is 432 g/mol. The number of urea groups is 1. The number of rotatable bonds is 4. The fraction of sp³-hybridized carbons (Fsp3) is 0.500. The molecule has 0 spiro atoms. The molecule has 1 aromatic carbocycles. The zero-order valence-electron chi connectivity index (χ0n) is 14.9. The van der Waals surface area contributed by atoms with E-state index in [9.17, 15) is 23.1 Å². The maximum Gasteiger partial charge on any atom is 0.407 e. The van der Waals surface area contributed by atoms with Gasteiger partial charge in [0.05, 0.1) is 10.7 Å². The van der Waals surface area contributed by atoms with Crippen LogP contribution in [0.5, 0.6) is 5.75 Å². The molecule has 1 aliphatic carbocycles. The molecule has 12 heteroatoms. The molecule has 2 aliphatic rings. The Kier molecular flexibility index (Phi) is 5.87. The van der Waals surface area contributed by atoms with Crippen LogP contribution in [0.15, 0.2) is 17.0 Å². The molecule has 0 radical (unpaired) electrons. The number of sulfonamides is 1. The van der Waals surface area contributed by atoms with Crippen LogP contribution < -0.4 is 10.6 Å². The van der Waals surface area contributed by atoms with E-state index in [2.05, 4.69) is 10.6 Å². The number of nitrogens with one attached hydrogen (secondary N) is 2. The third-order valence-electron chi connectivity index (χ3n) is 4.88. The average Bonchev–Trinajstić information content (AvgIpc) is 2.60. The Morgan fingerprint density at radius 1 is 1.14 bits per heavy atom. The standard InChI is InChI=1S/C16H21ClN4O6S/c17-11-4-5-12(19-15(23)18-10-2-1-3-10)13(22)14(11)28(26,27)21-8-6-20(7-9-21)16(24)25/h4-5,10,22H,1-3,6-9H2,(H,24,25)(H2,18,19,23). The summed E-state index contributed by atoms with van der Waals surface area (Å²) < 4.78 is 27.0. The van der Waals surface area contributed by atoms with Gasteiger partial charge in [0.1, 0.15) is 4.90 Å². The van der Waals surface area contributed by atoms with E-state index in [1.807, 2.05) is 0 Å². The van der Waals surface area contributed by atoms with Crippen molar-refractivity contribution in [2.24, 2.45) is 0 Å². The molecule has 4 N–H and O–H groups in total. The zero-order chi connectivity index (χ0) is 20.5. The highest BCUT2D eigenvalue weighted by atomic mass is 35.5. The molecule has 0 bridgehead atoms. The number of aromatic hydroxyl groups is 1. The highest BCUT2D eigenvalue weighted by Crippen LogP contribution is 2.38. The van der Waals surface area contributed by atoms with Gasteiger partial charge in [0.15, 0.2) is 5.75 Å². The fourth-order valence-corrected chi connectivity index (χ4v) is 5.05. The molecular weight excluding hydrogens is 412 g/mol. The minimum atomic E-state index is -4.19. The van der Waals surface area contributed by atoms with Gasteiger partial charge in [-0.05, 0) is 31.4 Å². The minimum Gasteiger partial charge on any atom is -0.504 e. The number of carbonyl (C=O) groups excluding carboxylic acids is 1. The molecule has 1 saturated carbocycles. The second kappa shape index (κ2) is 8.02. The first-order chi connectivity index (χ1) is 13.2. The number of hydrogen-bond acceptors (Lipinski definition) is 5. The van der Waals surface area contributed by atoms with Crippen molar-refractivity contribution in [2.75, 3.05) is 31.5 Å². The van der Waals surface area contributed by atoms with Gasteiger partial charge in [-0.15, -0.1) is 0 Å². The average molecular weight is 433 g/mol. The Morgan fingerprint density at radius 3 is 2.32 bits per heavy atom. The highest BCUT2D eigenvalue weighted by molar-refractivity contribution is 7.89. The quantitative estimate of drug-likeness (QED) is 0.534. The van der Waals surface area contributed by atoms with E-state index in [4.69, 9.17) is 16.7 Å². The van der Waals surface area contributed by atoms with Crippen LogP contribution in [-0.2, 0) is 10.0 Å². The van der Waals surface area contributed by atoms with E-state index in [0.29, 0.717) is 0 Å². The van der Waals surface area contributed by atoms with Crippen molar-refractivity contribution < 1.29 is 28.2 Å². The zero-order valence-corrected chi connectivity index (χ0v) is 16.5. The Labute approximate surface area is 167 Å². The molecule has 0 atom stereocenters. The highest BCUT2D eigenvalue weighted by Gasteiger charge is 2.34. The molecule has 28 heavy (non-hydrogen) atoms. The summed E-state index contributed by atoms with van der Waals surface area (Å²) in [5.74, 6) is -0.656. The number of piperazine rings is 1. The molecule has 3 amide bonds. The van der Waals surface area contributed by atoms with Crippen LogP contribution in [0.1, 0.15) is 19.3 Å². The van der Waals surface area contributed by atoms with Gasteiger partial charge in [-0.3, -0.25) is 0 Å². The van der Waals surface area contributed by atoms with Gasteiger partial charge in [-0.25, -0.2) is 18.0 Å².